The maximum absolute atomic E-state index is 12.4. The largest absolute Gasteiger partial charge is 0.306 e. The highest BCUT2D eigenvalue weighted by atomic mass is 32.2. The molecule has 1 aromatic rings. The first-order valence-electron chi connectivity index (χ1n) is 6.57. The van der Waals surface area contributed by atoms with E-state index in [9.17, 15) is 13.7 Å². The van der Waals surface area contributed by atoms with Gasteiger partial charge in [0.2, 0.25) is 10.0 Å². The SMILES string of the molecule is Cc1cccc(S(=O)(=O)NC2(C#N)CCN(C)CC2)c1. The van der Waals surface area contributed by atoms with Gasteiger partial charge in [0.25, 0.3) is 0 Å². The van der Waals surface area contributed by atoms with Crippen molar-refractivity contribution in [3.05, 3.63) is 29.8 Å². The van der Waals surface area contributed by atoms with Crippen molar-refractivity contribution in [2.24, 2.45) is 0 Å². The predicted octanol–water partition coefficient (Wildman–Crippen LogP) is 1.26. The monoisotopic (exact) mass is 293 g/mol. The number of rotatable bonds is 3. The van der Waals surface area contributed by atoms with Gasteiger partial charge in [-0.25, -0.2) is 8.42 Å². The van der Waals surface area contributed by atoms with E-state index < -0.39 is 15.6 Å². The number of hydrogen-bond acceptors (Lipinski definition) is 4. The molecule has 0 aromatic heterocycles. The quantitative estimate of drug-likeness (QED) is 0.910. The van der Waals surface area contributed by atoms with E-state index >= 15 is 0 Å². The molecule has 0 saturated carbocycles. The Balaban J connectivity index is 2.25. The average molecular weight is 293 g/mol. The lowest BCUT2D eigenvalue weighted by molar-refractivity contribution is 0.213. The fourth-order valence-corrected chi connectivity index (χ4v) is 3.82. The second-order valence-corrected chi connectivity index (χ2v) is 7.10. The maximum Gasteiger partial charge on any atom is 0.241 e. The highest BCUT2D eigenvalue weighted by Gasteiger charge is 2.38. The molecule has 1 heterocycles. The Morgan fingerprint density at radius 2 is 2.00 bits per heavy atom. The predicted molar refractivity (Wildman–Crippen MR) is 76.6 cm³/mol. The lowest BCUT2D eigenvalue weighted by Crippen LogP contribution is -2.53. The summed E-state index contributed by atoms with van der Waals surface area (Å²) >= 11 is 0. The zero-order chi connectivity index (χ0) is 14.8. The van der Waals surface area contributed by atoms with Gasteiger partial charge in [-0.2, -0.15) is 9.98 Å². The van der Waals surface area contributed by atoms with E-state index in [0.29, 0.717) is 25.9 Å². The van der Waals surface area contributed by atoms with Crippen LogP contribution in [0.2, 0.25) is 0 Å². The minimum atomic E-state index is -3.66. The molecule has 1 saturated heterocycles. The number of benzene rings is 1. The number of aryl methyl sites for hydroxylation is 1. The van der Waals surface area contributed by atoms with Crippen molar-refractivity contribution in [1.82, 2.24) is 9.62 Å². The Bertz CT molecular complexity index is 626. The van der Waals surface area contributed by atoms with Gasteiger partial charge in [0.05, 0.1) is 11.0 Å². The van der Waals surface area contributed by atoms with Crippen molar-refractivity contribution >= 4 is 10.0 Å². The van der Waals surface area contributed by atoms with E-state index in [1.54, 1.807) is 18.2 Å². The third-order valence-corrected chi connectivity index (χ3v) is 5.22. The Kier molecular flexibility index (Phi) is 4.14. The number of nitrogens with zero attached hydrogens (tertiary/aromatic N) is 2. The van der Waals surface area contributed by atoms with Crippen LogP contribution in [-0.4, -0.2) is 39.0 Å². The molecule has 0 amide bonds. The molecule has 6 heteroatoms. The minimum Gasteiger partial charge on any atom is -0.306 e. The van der Waals surface area contributed by atoms with Gasteiger partial charge >= 0.3 is 0 Å². The van der Waals surface area contributed by atoms with E-state index in [1.165, 1.54) is 0 Å². The molecule has 0 aliphatic carbocycles. The normalized spacial score (nSPS) is 19.4. The molecule has 0 bridgehead atoms. The van der Waals surface area contributed by atoms with E-state index in [1.807, 2.05) is 20.0 Å². The van der Waals surface area contributed by atoms with Gasteiger partial charge in [0.1, 0.15) is 5.54 Å². The average Bonchev–Trinajstić information content (AvgIpc) is 2.41. The van der Waals surface area contributed by atoms with Gasteiger partial charge in [0.15, 0.2) is 0 Å². The fraction of sp³-hybridized carbons (Fsp3) is 0.500. The molecule has 1 aliphatic rings. The van der Waals surface area contributed by atoms with Crippen LogP contribution in [0.1, 0.15) is 18.4 Å². The molecular weight excluding hydrogens is 274 g/mol. The lowest BCUT2D eigenvalue weighted by atomic mass is 9.91. The summed E-state index contributed by atoms with van der Waals surface area (Å²) in [5.74, 6) is 0. The first-order chi connectivity index (χ1) is 9.37. The molecule has 0 spiro atoms. The Labute approximate surface area is 120 Å². The first kappa shape index (κ1) is 15.0. The number of sulfonamides is 1. The summed E-state index contributed by atoms with van der Waals surface area (Å²) < 4.78 is 27.5. The molecule has 0 atom stereocenters. The van der Waals surface area contributed by atoms with E-state index in [-0.39, 0.29) is 4.90 Å². The third kappa shape index (κ3) is 3.18. The van der Waals surface area contributed by atoms with Crippen LogP contribution in [0.25, 0.3) is 0 Å². The zero-order valence-electron chi connectivity index (χ0n) is 11.8. The third-order valence-electron chi connectivity index (χ3n) is 3.68. The number of hydrogen-bond donors (Lipinski definition) is 1. The summed E-state index contributed by atoms with van der Waals surface area (Å²) in [5.41, 5.74) is -0.114. The number of nitriles is 1. The van der Waals surface area contributed by atoms with Crippen LogP contribution in [0.5, 0.6) is 0 Å². The topological polar surface area (TPSA) is 73.2 Å². The molecule has 2 rings (SSSR count). The number of nitrogens with one attached hydrogen (secondary N) is 1. The second-order valence-electron chi connectivity index (χ2n) is 5.42. The molecule has 1 N–H and O–H groups in total. The molecule has 0 radical (unpaired) electrons. The summed E-state index contributed by atoms with van der Waals surface area (Å²) in [6, 6.07) is 8.87. The van der Waals surface area contributed by atoms with E-state index in [4.69, 9.17) is 0 Å². The van der Waals surface area contributed by atoms with Crippen LogP contribution in [0.15, 0.2) is 29.2 Å². The molecule has 1 aliphatic heterocycles. The van der Waals surface area contributed by atoms with E-state index in [0.717, 1.165) is 5.56 Å². The molecule has 20 heavy (non-hydrogen) atoms. The molecular formula is C14H19N3O2S. The van der Waals surface area contributed by atoms with Crippen molar-refractivity contribution in [3.8, 4) is 6.07 Å². The summed E-state index contributed by atoms with van der Waals surface area (Å²) in [7, 11) is -1.69. The fourth-order valence-electron chi connectivity index (χ4n) is 2.34. The van der Waals surface area contributed by atoms with Crippen molar-refractivity contribution in [3.63, 3.8) is 0 Å². The van der Waals surface area contributed by atoms with Gasteiger partial charge in [-0.3, -0.25) is 0 Å². The van der Waals surface area contributed by atoms with Crippen molar-refractivity contribution < 1.29 is 8.42 Å². The van der Waals surface area contributed by atoms with Crippen LogP contribution < -0.4 is 4.72 Å². The van der Waals surface area contributed by atoms with Crippen molar-refractivity contribution in [2.45, 2.75) is 30.2 Å². The molecule has 0 unspecified atom stereocenters. The summed E-state index contributed by atoms with van der Waals surface area (Å²) in [6.45, 7) is 3.27. The van der Waals surface area contributed by atoms with Crippen LogP contribution in [0.4, 0.5) is 0 Å². The Morgan fingerprint density at radius 1 is 1.35 bits per heavy atom. The van der Waals surface area contributed by atoms with Gasteiger partial charge in [0, 0.05) is 13.1 Å². The molecule has 1 aromatic carbocycles. The molecule has 1 fully saturated rings. The molecule has 108 valence electrons. The van der Waals surface area contributed by atoms with Gasteiger partial charge in [-0.1, -0.05) is 12.1 Å². The van der Waals surface area contributed by atoms with Crippen molar-refractivity contribution in [2.75, 3.05) is 20.1 Å². The minimum absolute atomic E-state index is 0.214. The Hall–Kier alpha value is -1.42. The van der Waals surface area contributed by atoms with Crippen LogP contribution in [0, 0.1) is 18.3 Å². The lowest BCUT2D eigenvalue weighted by Gasteiger charge is -2.35. The van der Waals surface area contributed by atoms with Crippen LogP contribution in [-0.2, 0) is 10.0 Å². The number of piperidine rings is 1. The maximum atomic E-state index is 12.4. The smallest absolute Gasteiger partial charge is 0.241 e. The van der Waals surface area contributed by atoms with Crippen LogP contribution in [0.3, 0.4) is 0 Å². The highest BCUT2D eigenvalue weighted by molar-refractivity contribution is 7.89. The number of likely N-dealkylation sites (tertiary alicyclic amines) is 1. The van der Waals surface area contributed by atoms with E-state index in [2.05, 4.69) is 15.7 Å². The molecule has 5 nitrogen and oxygen atoms in total. The Morgan fingerprint density at radius 3 is 2.55 bits per heavy atom. The summed E-state index contributed by atoms with van der Waals surface area (Å²) in [4.78, 5) is 2.31. The zero-order valence-corrected chi connectivity index (χ0v) is 12.6. The van der Waals surface area contributed by atoms with Gasteiger partial charge in [-0.15, -0.1) is 0 Å². The van der Waals surface area contributed by atoms with Gasteiger partial charge in [-0.05, 0) is 44.5 Å². The van der Waals surface area contributed by atoms with Crippen molar-refractivity contribution in [1.29, 1.82) is 5.26 Å². The highest BCUT2D eigenvalue weighted by Crippen LogP contribution is 2.24. The first-order valence-corrected chi connectivity index (χ1v) is 8.06. The van der Waals surface area contributed by atoms with Gasteiger partial charge < -0.3 is 4.90 Å². The summed E-state index contributed by atoms with van der Waals surface area (Å²) in [5, 5.41) is 9.40. The summed E-state index contributed by atoms with van der Waals surface area (Å²) in [6.07, 6.45) is 1.01. The second kappa shape index (κ2) is 5.52. The van der Waals surface area contributed by atoms with Crippen LogP contribution >= 0.6 is 0 Å². The standard InChI is InChI=1S/C14H19N3O2S/c1-12-4-3-5-13(10-12)20(18,19)16-14(11-15)6-8-17(2)9-7-14/h3-5,10,16H,6-9H2,1-2H3.